The van der Waals surface area contributed by atoms with Gasteiger partial charge in [-0.25, -0.2) is 0 Å². The van der Waals surface area contributed by atoms with Crippen LogP contribution in [0.5, 0.6) is 5.75 Å². The van der Waals surface area contributed by atoms with Crippen molar-refractivity contribution >= 4 is 46.2 Å². The number of hydrogen-bond donors (Lipinski definition) is 1. The summed E-state index contributed by atoms with van der Waals surface area (Å²) in [6.07, 6.45) is 8.68. The van der Waals surface area contributed by atoms with E-state index in [1.54, 1.807) is 12.0 Å². The minimum atomic E-state index is -0.0921. The third-order valence-corrected chi connectivity index (χ3v) is 6.40. The van der Waals surface area contributed by atoms with Gasteiger partial charge in [-0.05, 0) is 43.0 Å². The van der Waals surface area contributed by atoms with Crippen molar-refractivity contribution in [1.82, 2.24) is 10.2 Å². The molecule has 0 bridgehead atoms. The number of carbonyl (C=O) groups is 2. The minimum Gasteiger partial charge on any atom is -0.497 e. The zero-order valence-corrected chi connectivity index (χ0v) is 17.7. The normalized spacial score (nSPS) is 19.3. The minimum absolute atomic E-state index is 0.0734. The third-order valence-electron chi connectivity index (χ3n) is 5.02. The van der Waals surface area contributed by atoms with Crippen molar-refractivity contribution in [2.45, 2.75) is 51.0 Å². The van der Waals surface area contributed by atoms with Gasteiger partial charge in [-0.3, -0.25) is 14.5 Å². The summed E-state index contributed by atoms with van der Waals surface area (Å²) >= 11 is 6.68. The van der Waals surface area contributed by atoms with Crippen LogP contribution in [0.3, 0.4) is 0 Å². The second kappa shape index (κ2) is 10.1. The molecule has 1 aromatic rings. The molecule has 2 fully saturated rings. The third kappa shape index (κ3) is 5.58. The molecule has 5 nitrogen and oxygen atoms in total. The molecule has 7 heteroatoms. The summed E-state index contributed by atoms with van der Waals surface area (Å²) < 4.78 is 5.77. The molecule has 1 N–H and O–H groups in total. The molecule has 0 atom stereocenters. The molecule has 28 heavy (non-hydrogen) atoms. The largest absolute Gasteiger partial charge is 0.497 e. The lowest BCUT2D eigenvalue weighted by Crippen LogP contribution is -2.36. The van der Waals surface area contributed by atoms with E-state index < -0.39 is 0 Å². The predicted molar refractivity (Wildman–Crippen MR) is 117 cm³/mol. The van der Waals surface area contributed by atoms with Crippen molar-refractivity contribution < 1.29 is 14.3 Å². The number of carbonyl (C=O) groups excluding carboxylic acids is 2. The zero-order valence-electron chi connectivity index (χ0n) is 16.1. The van der Waals surface area contributed by atoms with Gasteiger partial charge in [-0.2, -0.15) is 0 Å². The Bertz CT molecular complexity index is 773. The Morgan fingerprint density at radius 2 is 2.14 bits per heavy atom. The number of methoxy groups -OCH3 is 1. The lowest BCUT2D eigenvalue weighted by Gasteiger charge is -2.23. The van der Waals surface area contributed by atoms with E-state index >= 15 is 0 Å². The summed E-state index contributed by atoms with van der Waals surface area (Å²) in [6, 6.07) is 7.87. The molecule has 0 aromatic heterocycles. The first-order valence-corrected chi connectivity index (χ1v) is 11.0. The van der Waals surface area contributed by atoms with Crippen LogP contribution in [0.2, 0.25) is 0 Å². The number of ether oxygens (including phenoxy) is 1. The van der Waals surface area contributed by atoms with E-state index in [4.69, 9.17) is 17.0 Å². The number of nitrogens with one attached hydrogen (secondary N) is 1. The molecule has 150 valence electrons. The number of nitrogens with zero attached hydrogens (tertiary/aromatic N) is 1. The smallest absolute Gasteiger partial charge is 0.266 e. The lowest BCUT2D eigenvalue weighted by atomic mass is 9.95. The Morgan fingerprint density at radius 3 is 2.89 bits per heavy atom. The Hall–Kier alpha value is -1.86. The molecule has 0 radical (unpaired) electrons. The van der Waals surface area contributed by atoms with Crippen molar-refractivity contribution in [3.63, 3.8) is 0 Å². The van der Waals surface area contributed by atoms with Crippen LogP contribution >= 0.6 is 24.0 Å². The van der Waals surface area contributed by atoms with E-state index in [9.17, 15) is 9.59 Å². The van der Waals surface area contributed by atoms with E-state index in [1.165, 1.54) is 31.0 Å². The Labute approximate surface area is 175 Å². The summed E-state index contributed by atoms with van der Waals surface area (Å²) in [4.78, 5) is 27.0. The fourth-order valence-electron chi connectivity index (χ4n) is 3.52. The van der Waals surface area contributed by atoms with Crippen LogP contribution in [0.1, 0.15) is 50.5 Å². The maximum absolute atomic E-state index is 12.7. The highest BCUT2D eigenvalue weighted by atomic mass is 32.2. The number of rotatable bonds is 7. The first-order chi connectivity index (χ1) is 13.6. The zero-order chi connectivity index (χ0) is 19.9. The highest BCUT2D eigenvalue weighted by Crippen LogP contribution is 2.33. The van der Waals surface area contributed by atoms with Gasteiger partial charge in [-0.1, -0.05) is 55.4 Å². The lowest BCUT2D eigenvalue weighted by molar-refractivity contribution is -0.124. The molecule has 1 aliphatic carbocycles. The summed E-state index contributed by atoms with van der Waals surface area (Å²) in [5, 5.41) is 3.12. The molecular weight excluding hydrogens is 392 g/mol. The highest BCUT2D eigenvalue weighted by molar-refractivity contribution is 8.26. The maximum atomic E-state index is 12.7. The second-order valence-corrected chi connectivity index (χ2v) is 8.79. The fourth-order valence-corrected chi connectivity index (χ4v) is 4.83. The Balaban J connectivity index is 1.50. The predicted octanol–water partition coefficient (Wildman–Crippen LogP) is 4.13. The Morgan fingerprint density at radius 1 is 1.36 bits per heavy atom. The molecule has 2 aliphatic rings. The van der Waals surface area contributed by atoms with Gasteiger partial charge >= 0.3 is 0 Å². The van der Waals surface area contributed by atoms with E-state index in [1.807, 2.05) is 30.3 Å². The van der Waals surface area contributed by atoms with Crippen LogP contribution in [-0.2, 0) is 9.59 Å². The summed E-state index contributed by atoms with van der Waals surface area (Å²) in [5.74, 6) is 0.725. The molecule has 1 saturated carbocycles. The van der Waals surface area contributed by atoms with Crippen molar-refractivity contribution in [3.05, 3.63) is 34.7 Å². The average Bonchev–Trinajstić information content (AvgIpc) is 2.96. The number of amides is 2. The standard InChI is InChI=1S/C21H26N2O3S2/c1-26-17-10-5-7-15(13-17)14-18-20(25)23(21(27)28-18)12-6-11-19(24)22-16-8-3-2-4-9-16/h5,7,10,13-14,16H,2-4,6,8-9,11-12H2,1H3,(H,22,24). The second-order valence-electron chi connectivity index (χ2n) is 7.12. The van der Waals surface area contributed by atoms with Crippen molar-refractivity contribution in [2.75, 3.05) is 13.7 Å². The van der Waals surface area contributed by atoms with E-state index in [0.29, 0.717) is 34.7 Å². The van der Waals surface area contributed by atoms with Crippen LogP contribution in [0, 0.1) is 0 Å². The quantitative estimate of drug-likeness (QED) is 0.533. The molecule has 0 unspecified atom stereocenters. The molecule has 1 aromatic carbocycles. The van der Waals surface area contributed by atoms with Crippen LogP contribution in [-0.4, -0.2) is 40.7 Å². The van der Waals surface area contributed by atoms with Crippen LogP contribution in [0.4, 0.5) is 0 Å². The maximum Gasteiger partial charge on any atom is 0.266 e. The highest BCUT2D eigenvalue weighted by Gasteiger charge is 2.31. The molecule has 3 rings (SSSR count). The fraction of sp³-hybridized carbons (Fsp3) is 0.476. The van der Waals surface area contributed by atoms with Crippen LogP contribution in [0.25, 0.3) is 6.08 Å². The van der Waals surface area contributed by atoms with Gasteiger partial charge in [0.1, 0.15) is 10.1 Å². The van der Waals surface area contributed by atoms with Crippen molar-refractivity contribution in [3.8, 4) is 5.75 Å². The van der Waals surface area contributed by atoms with Crippen LogP contribution < -0.4 is 10.1 Å². The van der Waals surface area contributed by atoms with Gasteiger partial charge in [0.15, 0.2) is 0 Å². The van der Waals surface area contributed by atoms with Crippen molar-refractivity contribution in [2.24, 2.45) is 0 Å². The van der Waals surface area contributed by atoms with Crippen LogP contribution in [0.15, 0.2) is 29.2 Å². The van der Waals surface area contributed by atoms with Crippen molar-refractivity contribution in [1.29, 1.82) is 0 Å². The molecular formula is C21H26N2O3S2. The van der Waals surface area contributed by atoms with Gasteiger partial charge < -0.3 is 10.1 Å². The summed E-state index contributed by atoms with van der Waals surface area (Å²) in [7, 11) is 1.61. The monoisotopic (exact) mass is 418 g/mol. The number of thiocarbonyl (C=S) groups is 1. The van der Waals surface area contributed by atoms with Gasteiger partial charge in [0.05, 0.1) is 12.0 Å². The van der Waals surface area contributed by atoms with Gasteiger partial charge in [-0.15, -0.1) is 0 Å². The first kappa shape index (κ1) is 20.9. The van der Waals surface area contributed by atoms with E-state index in [0.717, 1.165) is 24.2 Å². The molecule has 1 heterocycles. The van der Waals surface area contributed by atoms with E-state index in [2.05, 4.69) is 5.32 Å². The molecule has 1 aliphatic heterocycles. The number of benzene rings is 1. The average molecular weight is 419 g/mol. The van der Waals surface area contributed by atoms with E-state index in [-0.39, 0.29) is 11.8 Å². The summed E-state index contributed by atoms with van der Waals surface area (Å²) in [5.41, 5.74) is 0.895. The first-order valence-electron chi connectivity index (χ1n) is 9.75. The molecule has 1 saturated heterocycles. The SMILES string of the molecule is COc1cccc(C=C2SC(=S)N(CCCC(=O)NC3CCCCC3)C2=O)c1. The molecule has 2 amide bonds. The summed E-state index contributed by atoms with van der Waals surface area (Å²) in [6.45, 7) is 0.470. The topological polar surface area (TPSA) is 58.6 Å². The Kier molecular flexibility index (Phi) is 7.50. The molecule has 0 spiro atoms. The number of thioether (sulfide) groups is 1. The van der Waals surface area contributed by atoms with Gasteiger partial charge in [0, 0.05) is 19.0 Å². The van der Waals surface area contributed by atoms with Gasteiger partial charge in [0.25, 0.3) is 5.91 Å². The number of hydrogen-bond acceptors (Lipinski definition) is 5. The van der Waals surface area contributed by atoms with Gasteiger partial charge in [0.2, 0.25) is 5.91 Å².